The van der Waals surface area contributed by atoms with Gasteiger partial charge in [0.2, 0.25) is 0 Å². The molecule has 0 radical (unpaired) electrons. The van der Waals surface area contributed by atoms with Gasteiger partial charge in [-0.15, -0.1) is 0 Å². The molecule has 4 nitrogen and oxygen atoms in total. The lowest BCUT2D eigenvalue weighted by atomic mass is 10.2. The number of hydrogen-bond donors (Lipinski definition) is 2. The van der Waals surface area contributed by atoms with Crippen molar-refractivity contribution in [1.82, 2.24) is 10.2 Å². The van der Waals surface area contributed by atoms with Crippen LogP contribution in [0.15, 0.2) is 15.5 Å². The van der Waals surface area contributed by atoms with E-state index in [9.17, 15) is 4.79 Å². The summed E-state index contributed by atoms with van der Waals surface area (Å²) < 4.78 is 0.541. The van der Waals surface area contributed by atoms with Crippen molar-refractivity contribution in [2.75, 3.05) is 5.32 Å². The molecule has 0 unspecified atom stereocenters. The second-order valence-corrected chi connectivity index (χ2v) is 4.35. The molecule has 2 rings (SSSR count). The third-order valence-electron chi connectivity index (χ3n) is 2.51. The number of rotatable bonds is 2. The van der Waals surface area contributed by atoms with E-state index in [1.165, 1.54) is 25.7 Å². The third kappa shape index (κ3) is 1.97. The van der Waals surface area contributed by atoms with Gasteiger partial charge in [0.15, 0.2) is 0 Å². The fraction of sp³-hybridized carbons (Fsp3) is 0.556. The first-order valence-corrected chi connectivity index (χ1v) is 5.56. The molecule has 76 valence electrons. The number of aromatic amines is 1. The maximum Gasteiger partial charge on any atom is 0.280 e. The van der Waals surface area contributed by atoms with Gasteiger partial charge in [0.05, 0.1) is 11.9 Å². The van der Waals surface area contributed by atoms with Crippen molar-refractivity contribution < 1.29 is 0 Å². The van der Waals surface area contributed by atoms with Gasteiger partial charge >= 0.3 is 0 Å². The normalized spacial score (nSPS) is 17.2. The summed E-state index contributed by atoms with van der Waals surface area (Å²) in [7, 11) is 0. The molecule has 0 spiro atoms. The average Bonchev–Trinajstić information content (AvgIpc) is 2.66. The maximum absolute atomic E-state index is 11.2. The molecule has 2 N–H and O–H groups in total. The van der Waals surface area contributed by atoms with Gasteiger partial charge in [-0.3, -0.25) is 4.79 Å². The van der Waals surface area contributed by atoms with Crippen LogP contribution in [0.25, 0.3) is 0 Å². The highest BCUT2D eigenvalue weighted by Crippen LogP contribution is 2.24. The third-order valence-corrected chi connectivity index (χ3v) is 3.30. The van der Waals surface area contributed by atoms with Crippen molar-refractivity contribution in [3.8, 4) is 0 Å². The Morgan fingerprint density at radius 2 is 2.21 bits per heavy atom. The molecule has 1 saturated carbocycles. The number of H-pyrrole nitrogens is 1. The predicted molar refractivity (Wildman–Crippen MR) is 58.4 cm³/mol. The molecule has 1 aliphatic rings. The second-order valence-electron chi connectivity index (χ2n) is 3.55. The molecule has 1 heterocycles. The minimum atomic E-state index is -0.187. The van der Waals surface area contributed by atoms with Crippen LogP contribution in [0.4, 0.5) is 5.69 Å². The van der Waals surface area contributed by atoms with E-state index in [0.717, 1.165) is 5.69 Å². The van der Waals surface area contributed by atoms with E-state index in [1.54, 1.807) is 6.20 Å². The van der Waals surface area contributed by atoms with E-state index in [0.29, 0.717) is 10.5 Å². The molecule has 0 amide bonds. The Hall–Kier alpha value is -0.840. The fourth-order valence-electron chi connectivity index (χ4n) is 1.77. The van der Waals surface area contributed by atoms with Gasteiger partial charge < -0.3 is 5.32 Å². The molecule has 1 aromatic rings. The molecule has 0 aliphatic heterocycles. The zero-order valence-corrected chi connectivity index (χ0v) is 9.30. The number of nitrogens with one attached hydrogen (secondary N) is 2. The van der Waals surface area contributed by atoms with Crippen molar-refractivity contribution in [3.63, 3.8) is 0 Å². The fourth-order valence-corrected chi connectivity index (χ4v) is 2.08. The summed E-state index contributed by atoms with van der Waals surface area (Å²) in [4.78, 5) is 11.2. The Bertz CT molecular complexity index is 371. The van der Waals surface area contributed by atoms with E-state index in [-0.39, 0.29) is 5.56 Å². The molecule has 0 bridgehead atoms. The van der Waals surface area contributed by atoms with E-state index in [1.807, 2.05) is 0 Å². The Balaban J connectivity index is 2.15. The van der Waals surface area contributed by atoms with Gasteiger partial charge in [0.1, 0.15) is 4.47 Å². The van der Waals surface area contributed by atoms with Gasteiger partial charge in [0.25, 0.3) is 5.56 Å². The van der Waals surface area contributed by atoms with Crippen molar-refractivity contribution in [2.45, 2.75) is 31.7 Å². The van der Waals surface area contributed by atoms with Crippen LogP contribution in [0.3, 0.4) is 0 Å². The summed E-state index contributed by atoms with van der Waals surface area (Å²) in [5.74, 6) is 0. The van der Waals surface area contributed by atoms with E-state index >= 15 is 0 Å². The predicted octanol–water partition coefficient (Wildman–Crippen LogP) is 1.89. The molecule has 14 heavy (non-hydrogen) atoms. The molecule has 1 aromatic heterocycles. The number of anilines is 1. The summed E-state index contributed by atoms with van der Waals surface area (Å²) in [6.07, 6.45) is 6.54. The Labute approximate surface area is 90.2 Å². The van der Waals surface area contributed by atoms with Crippen LogP contribution < -0.4 is 10.9 Å². The van der Waals surface area contributed by atoms with E-state index in [2.05, 4.69) is 31.4 Å². The Kier molecular flexibility index (Phi) is 2.86. The lowest BCUT2D eigenvalue weighted by molar-refractivity contribution is 0.752. The van der Waals surface area contributed by atoms with Crippen LogP contribution in [-0.2, 0) is 0 Å². The average molecular weight is 258 g/mol. The topological polar surface area (TPSA) is 57.8 Å². The number of halogens is 1. The van der Waals surface area contributed by atoms with Crippen LogP contribution in [0.1, 0.15) is 25.7 Å². The smallest absolute Gasteiger partial charge is 0.280 e. The molecule has 5 heteroatoms. The van der Waals surface area contributed by atoms with Gasteiger partial charge in [0, 0.05) is 6.04 Å². The van der Waals surface area contributed by atoms with E-state index in [4.69, 9.17) is 0 Å². The lowest BCUT2D eigenvalue weighted by Crippen LogP contribution is -2.18. The highest BCUT2D eigenvalue weighted by atomic mass is 79.9. The first-order valence-electron chi connectivity index (χ1n) is 4.77. The molecular formula is C9H12BrN3O. The van der Waals surface area contributed by atoms with Crippen LogP contribution in [0, 0.1) is 0 Å². The molecular weight excluding hydrogens is 246 g/mol. The quantitative estimate of drug-likeness (QED) is 0.851. The van der Waals surface area contributed by atoms with Gasteiger partial charge in [-0.25, -0.2) is 5.10 Å². The van der Waals surface area contributed by atoms with E-state index < -0.39 is 0 Å². The molecule has 0 aromatic carbocycles. The molecule has 0 atom stereocenters. The summed E-state index contributed by atoms with van der Waals surface area (Å²) in [6, 6.07) is 0.495. The summed E-state index contributed by atoms with van der Waals surface area (Å²) >= 11 is 3.24. The van der Waals surface area contributed by atoms with Gasteiger partial charge in [-0.05, 0) is 28.8 Å². The summed E-state index contributed by atoms with van der Waals surface area (Å²) in [6.45, 7) is 0. The molecule has 1 fully saturated rings. The first-order chi connectivity index (χ1) is 6.77. The number of nitrogens with zero attached hydrogens (tertiary/aromatic N) is 1. The van der Waals surface area contributed by atoms with Crippen molar-refractivity contribution in [3.05, 3.63) is 21.0 Å². The largest absolute Gasteiger partial charge is 0.380 e. The summed E-state index contributed by atoms with van der Waals surface area (Å²) in [5, 5.41) is 9.45. The van der Waals surface area contributed by atoms with Crippen LogP contribution in [0.2, 0.25) is 0 Å². The lowest BCUT2D eigenvalue weighted by Gasteiger charge is -2.13. The maximum atomic E-state index is 11.2. The zero-order valence-electron chi connectivity index (χ0n) is 7.72. The van der Waals surface area contributed by atoms with Crippen molar-refractivity contribution in [2.24, 2.45) is 0 Å². The highest BCUT2D eigenvalue weighted by molar-refractivity contribution is 9.10. The van der Waals surface area contributed by atoms with Crippen molar-refractivity contribution >= 4 is 21.6 Å². The second kappa shape index (κ2) is 4.13. The molecule has 1 aliphatic carbocycles. The number of hydrogen-bond acceptors (Lipinski definition) is 3. The number of aromatic nitrogens is 2. The Morgan fingerprint density at radius 3 is 2.93 bits per heavy atom. The van der Waals surface area contributed by atoms with Gasteiger partial charge in [-0.1, -0.05) is 12.8 Å². The van der Waals surface area contributed by atoms with Gasteiger partial charge in [-0.2, -0.15) is 5.10 Å². The highest BCUT2D eigenvalue weighted by Gasteiger charge is 2.16. The molecule has 0 saturated heterocycles. The standard InChI is InChI=1S/C9H12BrN3O/c10-8-7(5-11-13-9(8)14)12-6-3-1-2-4-6/h5-6H,1-4H2,(H2,12,13,14). The summed E-state index contributed by atoms with van der Waals surface area (Å²) in [5.41, 5.74) is 0.605. The monoisotopic (exact) mass is 257 g/mol. The SMILES string of the molecule is O=c1[nH]ncc(NC2CCCC2)c1Br. The van der Waals surface area contributed by atoms with Crippen molar-refractivity contribution in [1.29, 1.82) is 0 Å². The van der Waals surface area contributed by atoms with Crippen LogP contribution in [0.5, 0.6) is 0 Å². The zero-order chi connectivity index (χ0) is 9.97. The Morgan fingerprint density at radius 1 is 1.50 bits per heavy atom. The van der Waals surface area contributed by atoms with Crippen LogP contribution in [-0.4, -0.2) is 16.2 Å². The minimum Gasteiger partial charge on any atom is -0.380 e. The first kappa shape index (κ1) is 9.71. The minimum absolute atomic E-state index is 0.187. The van der Waals surface area contributed by atoms with Crippen LogP contribution >= 0.6 is 15.9 Å².